The average molecular weight is 623 g/mol. The van der Waals surface area contributed by atoms with Crippen molar-refractivity contribution < 1.29 is 70.1 Å². The third-order valence-electron chi connectivity index (χ3n) is 8.22. The van der Waals surface area contributed by atoms with E-state index in [1.807, 2.05) is 0 Å². The summed E-state index contributed by atoms with van der Waals surface area (Å²) in [5, 5.41) is 106. The summed E-state index contributed by atoms with van der Waals surface area (Å²) in [5.41, 5.74) is -1.95. The molecule has 2 heterocycles. The monoisotopic (exact) mass is 622 g/mol. The maximum atomic E-state index is 13.5. The van der Waals surface area contributed by atoms with Crippen LogP contribution in [0.1, 0.15) is 24.5 Å². The van der Waals surface area contributed by atoms with Crippen molar-refractivity contribution in [3.63, 3.8) is 0 Å². The Hall–Kier alpha value is -3.31. The molecule has 0 bridgehead atoms. The number of ketones is 1. The van der Waals surface area contributed by atoms with Gasteiger partial charge in [0.25, 0.3) is 0 Å². The van der Waals surface area contributed by atoms with Crippen LogP contribution in [0.4, 0.5) is 0 Å². The summed E-state index contributed by atoms with van der Waals surface area (Å²) in [4.78, 5) is 13.5. The van der Waals surface area contributed by atoms with Crippen LogP contribution >= 0.6 is 0 Å². The van der Waals surface area contributed by atoms with Crippen molar-refractivity contribution in [2.75, 3.05) is 7.11 Å². The lowest BCUT2D eigenvalue weighted by molar-refractivity contribution is -0.336. The molecule has 2 aliphatic heterocycles. The number of aliphatic hydroxyl groups is 7. The number of aromatic hydroxyl groups is 3. The number of aryl methyl sites for hydroxylation is 1. The molecular weight excluding hydrogens is 584 g/mol. The Morgan fingerprint density at radius 3 is 2.27 bits per heavy atom. The van der Waals surface area contributed by atoms with E-state index in [1.165, 1.54) is 56.5 Å². The smallest absolute Gasteiger partial charge is 0.196 e. The third-order valence-corrected chi connectivity index (χ3v) is 8.22. The molecular formula is C30H38O14. The molecule has 10 N–H and O–H groups in total. The Labute approximate surface area is 252 Å². The lowest BCUT2D eigenvalue weighted by Gasteiger charge is -2.54. The molecule has 3 unspecified atom stereocenters. The van der Waals surface area contributed by atoms with Gasteiger partial charge in [-0.15, -0.1) is 0 Å². The number of phenols is 3. The zero-order chi connectivity index (χ0) is 32.5. The van der Waals surface area contributed by atoms with E-state index >= 15 is 0 Å². The fourth-order valence-electron chi connectivity index (χ4n) is 5.57. The number of aliphatic hydroxyl groups excluding tert-OH is 6. The molecule has 242 valence electrons. The Morgan fingerprint density at radius 2 is 1.61 bits per heavy atom. The molecule has 14 heteroatoms. The van der Waals surface area contributed by atoms with Crippen LogP contribution in [0.25, 0.3) is 6.08 Å². The van der Waals surface area contributed by atoms with Crippen LogP contribution in [0.2, 0.25) is 0 Å². The number of rotatable bonds is 9. The summed E-state index contributed by atoms with van der Waals surface area (Å²) >= 11 is 0. The highest BCUT2D eigenvalue weighted by molar-refractivity contribution is 5.90. The van der Waals surface area contributed by atoms with E-state index in [4.69, 9.17) is 14.2 Å². The number of phenolic OH excluding ortho intramolecular Hbond substituents is 3. The van der Waals surface area contributed by atoms with Gasteiger partial charge in [0.15, 0.2) is 34.4 Å². The van der Waals surface area contributed by atoms with Gasteiger partial charge in [0.2, 0.25) is 0 Å². The molecule has 11 atom stereocenters. The topological polar surface area (TPSA) is 247 Å². The number of Topliss-reactive ketones (excluding diaryl/α,β-unsaturated/α-hetero) is 1. The molecule has 0 aliphatic carbocycles. The first-order chi connectivity index (χ1) is 20.7. The highest BCUT2D eigenvalue weighted by Crippen LogP contribution is 2.41. The van der Waals surface area contributed by atoms with Crippen molar-refractivity contribution in [2.24, 2.45) is 0 Å². The van der Waals surface area contributed by atoms with Gasteiger partial charge in [0, 0.05) is 0 Å². The van der Waals surface area contributed by atoms with E-state index in [0.717, 1.165) is 6.08 Å². The minimum atomic E-state index is -2.86. The molecule has 2 saturated heterocycles. The van der Waals surface area contributed by atoms with Crippen molar-refractivity contribution in [1.29, 1.82) is 0 Å². The Bertz CT molecular complexity index is 1350. The number of carbonyl (C=O) groups excluding carboxylic acids is 1. The molecule has 2 aromatic carbocycles. The fourth-order valence-corrected chi connectivity index (χ4v) is 5.57. The Morgan fingerprint density at radius 1 is 0.932 bits per heavy atom. The lowest BCUT2D eigenvalue weighted by atomic mass is 9.71. The normalized spacial score (nSPS) is 35.0. The maximum absolute atomic E-state index is 13.5. The van der Waals surface area contributed by atoms with Crippen LogP contribution in [-0.2, 0) is 20.7 Å². The molecule has 0 amide bonds. The number of methoxy groups -OCH3 is 1. The quantitative estimate of drug-likeness (QED) is 0.143. The van der Waals surface area contributed by atoms with Crippen LogP contribution < -0.4 is 4.74 Å². The largest absolute Gasteiger partial charge is 0.504 e. The SMILES string of the molecule is COc1cc(C=CC(O)C(=O)[C@H]2OC(CCc3ccc(O)c(O)c3)[C@H](O)[C@](O)(C3O[C@H](C)[C@@H](O)[C@H](O)[C@@H]3O)[C@@H]2O)ccc1O. The van der Waals surface area contributed by atoms with Crippen molar-refractivity contribution in [2.45, 2.75) is 86.4 Å². The average Bonchev–Trinajstić information content (AvgIpc) is 3.01. The number of hydrogen-bond donors (Lipinski definition) is 10. The van der Waals surface area contributed by atoms with Crippen molar-refractivity contribution in [3.05, 3.63) is 53.6 Å². The van der Waals surface area contributed by atoms with Crippen molar-refractivity contribution in [3.8, 4) is 23.0 Å². The van der Waals surface area contributed by atoms with Crippen LogP contribution in [0, 0.1) is 0 Å². The molecule has 4 rings (SSSR count). The molecule has 0 radical (unpaired) electrons. The Balaban J connectivity index is 1.64. The van der Waals surface area contributed by atoms with E-state index < -0.39 is 78.2 Å². The van der Waals surface area contributed by atoms with E-state index in [2.05, 4.69) is 0 Å². The van der Waals surface area contributed by atoms with Crippen LogP contribution in [0.5, 0.6) is 23.0 Å². The molecule has 14 nitrogen and oxygen atoms in total. The van der Waals surface area contributed by atoms with Gasteiger partial charge in [-0.25, -0.2) is 0 Å². The van der Waals surface area contributed by atoms with Crippen LogP contribution in [-0.4, -0.2) is 131 Å². The minimum Gasteiger partial charge on any atom is -0.504 e. The second-order valence-corrected chi connectivity index (χ2v) is 11.1. The van der Waals surface area contributed by atoms with Gasteiger partial charge in [0.05, 0.1) is 19.3 Å². The molecule has 2 aromatic rings. The summed E-state index contributed by atoms with van der Waals surface area (Å²) in [5.74, 6) is -1.90. The summed E-state index contributed by atoms with van der Waals surface area (Å²) in [7, 11) is 1.34. The van der Waals surface area contributed by atoms with Crippen LogP contribution in [0.15, 0.2) is 42.5 Å². The first kappa shape index (κ1) is 33.6. The second kappa shape index (κ2) is 13.4. The van der Waals surface area contributed by atoms with Gasteiger partial charge >= 0.3 is 0 Å². The van der Waals surface area contributed by atoms with E-state index in [9.17, 15) is 55.9 Å². The predicted octanol–water partition coefficient (Wildman–Crippen LogP) is -1.52. The van der Waals surface area contributed by atoms with Gasteiger partial charge in [-0.2, -0.15) is 0 Å². The van der Waals surface area contributed by atoms with E-state index in [-0.39, 0.29) is 30.1 Å². The third kappa shape index (κ3) is 6.40. The van der Waals surface area contributed by atoms with Gasteiger partial charge < -0.3 is 65.3 Å². The van der Waals surface area contributed by atoms with Gasteiger partial charge in [-0.05, 0) is 61.2 Å². The van der Waals surface area contributed by atoms with Gasteiger partial charge in [-0.3, -0.25) is 4.79 Å². The summed E-state index contributed by atoms with van der Waals surface area (Å²) in [6.45, 7) is 1.33. The summed E-state index contributed by atoms with van der Waals surface area (Å²) < 4.78 is 16.4. The zero-order valence-corrected chi connectivity index (χ0v) is 23.9. The van der Waals surface area contributed by atoms with Crippen molar-refractivity contribution in [1.82, 2.24) is 0 Å². The molecule has 44 heavy (non-hydrogen) atoms. The lowest BCUT2D eigenvalue weighted by Crippen LogP contribution is -2.77. The van der Waals surface area contributed by atoms with E-state index in [0.29, 0.717) is 11.1 Å². The van der Waals surface area contributed by atoms with Gasteiger partial charge in [0.1, 0.15) is 48.8 Å². The zero-order valence-electron chi connectivity index (χ0n) is 23.9. The standard InChI is InChI=1S/C30H38O14/c1-13-22(35)24(37)25(38)29(43-13)30(41)27(39)20(10-6-14-3-7-16(31)19(34)11-14)44-26(28(30)40)23(36)18(33)9-5-15-4-8-17(32)21(12-15)42-2/h3-5,7-9,11-13,18,20,22,24-29,31-35,37-41H,6,10H2,1-2H3/t13-,18?,20?,22-,24+,25+,26-,27+,28-,29?,30-/m1/s1. The van der Waals surface area contributed by atoms with E-state index in [1.54, 1.807) is 0 Å². The number of ether oxygens (including phenoxy) is 3. The predicted molar refractivity (Wildman–Crippen MR) is 151 cm³/mol. The van der Waals surface area contributed by atoms with Crippen molar-refractivity contribution >= 4 is 11.9 Å². The number of carbonyl (C=O) groups is 1. The van der Waals surface area contributed by atoms with Crippen LogP contribution in [0.3, 0.4) is 0 Å². The fraction of sp³-hybridized carbons (Fsp3) is 0.500. The first-order valence-corrected chi connectivity index (χ1v) is 13.9. The molecule has 0 spiro atoms. The maximum Gasteiger partial charge on any atom is 0.196 e. The molecule has 2 fully saturated rings. The minimum absolute atomic E-state index is 0.0691. The highest BCUT2D eigenvalue weighted by atomic mass is 16.6. The number of benzene rings is 2. The van der Waals surface area contributed by atoms with Gasteiger partial charge in [-0.1, -0.05) is 18.2 Å². The Kier molecular flexibility index (Phi) is 10.2. The number of hydrogen-bond acceptors (Lipinski definition) is 14. The summed E-state index contributed by atoms with van der Waals surface area (Å²) in [6.07, 6.45) is -15.8. The molecule has 0 saturated carbocycles. The highest BCUT2D eigenvalue weighted by Gasteiger charge is 2.65. The second-order valence-electron chi connectivity index (χ2n) is 11.1. The first-order valence-electron chi connectivity index (χ1n) is 13.9. The molecule has 0 aromatic heterocycles. The molecule has 2 aliphatic rings. The summed E-state index contributed by atoms with van der Waals surface area (Å²) in [6, 6.07) is 8.23.